The second-order valence-electron chi connectivity index (χ2n) is 10.7. The van der Waals surface area contributed by atoms with E-state index in [0.29, 0.717) is 53.0 Å². The number of carbonyl (C=O) groups is 3. The van der Waals surface area contributed by atoms with E-state index in [4.69, 9.17) is 4.74 Å². The molecule has 2 atom stereocenters. The zero-order valence-corrected chi connectivity index (χ0v) is 28.6. The molecule has 0 saturated heterocycles. The fourth-order valence-corrected chi connectivity index (χ4v) is 6.22. The highest BCUT2D eigenvalue weighted by Crippen LogP contribution is 2.31. The maximum absolute atomic E-state index is 13.0. The summed E-state index contributed by atoms with van der Waals surface area (Å²) in [6.07, 6.45) is 4.83. The van der Waals surface area contributed by atoms with Crippen LogP contribution in [-0.2, 0) is 26.7 Å². The standard InChI is InChI=1S/C31H38Br2N6O4S/c1-34-12-10-21(18-35-30(41)22-4-9-25-26(15-22)38-29(17-33)28(16-32)37-25)11-13-43-23-5-2-20(3-6-23)14-27(36-19-40)31(42)39-44-24-7-8-24/h2-6,9,15,19,21,24,27,34H,7-8,10-14,16-18H2,1H3,(H,35,41)(H,36,40)(H,39,42). The number of nitrogens with one attached hydrogen (secondary N) is 4. The minimum Gasteiger partial charge on any atom is -0.494 e. The molecule has 2 aromatic carbocycles. The van der Waals surface area contributed by atoms with E-state index in [2.05, 4.69) is 62.5 Å². The summed E-state index contributed by atoms with van der Waals surface area (Å²) in [6.45, 7) is 1.85. The summed E-state index contributed by atoms with van der Waals surface area (Å²) in [4.78, 5) is 45.9. The fourth-order valence-electron chi connectivity index (χ4n) is 4.53. The number of ether oxygens (including phenoxy) is 1. The van der Waals surface area contributed by atoms with E-state index in [-0.39, 0.29) is 17.7 Å². The van der Waals surface area contributed by atoms with Gasteiger partial charge in [-0.05, 0) is 93.0 Å². The van der Waals surface area contributed by atoms with Gasteiger partial charge < -0.3 is 20.7 Å². The number of amides is 3. The molecule has 1 saturated carbocycles. The van der Waals surface area contributed by atoms with E-state index in [1.54, 1.807) is 12.1 Å². The third-order valence-corrected chi connectivity index (χ3v) is 9.47. The molecule has 1 aliphatic carbocycles. The lowest BCUT2D eigenvalue weighted by Crippen LogP contribution is -2.43. The van der Waals surface area contributed by atoms with Gasteiger partial charge in [-0.25, -0.2) is 9.97 Å². The lowest BCUT2D eigenvalue weighted by atomic mass is 10.0. The molecule has 13 heteroatoms. The molecule has 0 aliphatic heterocycles. The van der Waals surface area contributed by atoms with E-state index in [1.165, 1.54) is 11.9 Å². The Morgan fingerprint density at radius 1 is 1.05 bits per heavy atom. The van der Waals surface area contributed by atoms with Gasteiger partial charge in [0.05, 0.1) is 29.0 Å². The maximum Gasteiger partial charge on any atom is 0.252 e. The van der Waals surface area contributed by atoms with E-state index < -0.39 is 6.04 Å². The molecule has 3 amide bonds. The van der Waals surface area contributed by atoms with Crippen LogP contribution in [-0.4, -0.2) is 66.2 Å². The first-order chi connectivity index (χ1) is 21.4. The Labute approximate surface area is 279 Å². The molecule has 4 rings (SSSR count). The van der Waals surface area contributed by atoms with Crippen LogP contribution in [0.25, 0.3) is 11.0 Å². The highest BCUT2D eigenvalue weighted by molar-refractivity contribution is 9.09. The van der Waals surface area contributed by atoms with Crippen LogP contribution in [0.3, 0.4) is 0 Å². The molecule has 2 unspecified atom stereocenters. The summed E-state index contributed by atoms with van der Waals surface area (Å²) in [5.74, 6) is 0.597. The minimum absolute atomic E-state index is 0.146. The second-order valence-corrected chi connectivity index (χ2v) is 12.9. The molecule has 10 nitrogen and oxygen atoms in total. The molecule has 0 radical (unpaired) electrons. The number of halogens is 2. The van der Waals surface area contributed by atoms with Gasteiger partial charge in [0.2, 0.25) is 6.41 Å². The number of benzene rings is 2. The average Bonchev–Trinajstić information content (AvgIpc) is 3.88. The largest absolute Gasteiger partial charge is 0.494 e. The molecule has 1 fully saturated rings. The van der Waals surface area contributed by atoms with Gasteiger partial charge >= 0.3 is 0 Å². The van der Waals surface area contributed by atoms with Gasteiger partial charge in [0, 0.05) is 34.4 Å². The zero-order chi connectivity index (χ0) is 31.3. The summed E-state index contributed by atoms with van der Waals surface area (Å²) < 4.78 is 8.86. The highest BCUT2D eigenvalue weighted by atomic mass is 79.9. The second kappa shape index (κ2) is 17.7. The van der Waals surface area contributed by atoms with E-state index in [1.807, 2.05) is 37.4 Å². The first kappa shape index (κ1) is 34.1. The maximum atomic E-state index is 13.0. The predicted octanol–water partition coefficient (Wildman–Crippen LogP) is 4.43. The number of nitrogens with zero attached hydrogens (tertiary/aromatic N) is 2. The molecular weight excluding hydrogens is 712 g/mol. The zero-order valence-electron chi connectivity index (χ0n) is 24.6. The molecule has 0 spiro atoms. The summed E-state index contributed by atoms with van der Waals surface area (Å²) in [6, 6.07) is 12.3. The number of alkyl halides is 2. The van der Waals surface area contributed by atoms with Crippen LogP contribution in [0, 0.1) is 5.92 Å². The van der Waals surface area contributed by atoms with E-state index >= 15 is 0 Å². The Bertz CT molecular complexity index is 1410. The van der Waals surface area contributed by atoms with Crippen LogP contribution in [0.1, 0.15) is 53.0 Å². The number of hydrogen-bond acceptors (Lipinski definition) is 8. The number of aromatic nitrogens is 2. The quantitative estimate of drug-likeness (QED) is 0.0805. The first-order valence-corrected chi connectivity index (χ1v) is 17.8. The van der Waals surface area contributed by atoms with E-state index in [9.17, 15) is 14.4 Å². The van der Waals surface area contributed by atoms with Gasteiger partial charge in [-0.3, -0.25) is 19.1 Å². The number of rotatable bonds is 19. The van der Waals surface area contributed by atoms with E-state index in [0.717, 1.165) is 60.4 Å². The highest BCUT2D eigenvalue weighted by Gasteiger charge is 2.25. The van der Waals surface area contributed by atoms with Crippen LogP contribution < -0.4 is 25.4 Å². The molecule has 1 aromatic heterocycles. The molecular formula is C31H38Br2N6O4S. The Morgan fingerprint density at radius 3 is 2.43 bits per heavy atom. The van der Waals surface area contributed by atoms with Crippen molar-refractivity contribution in [2.75, 3.05) is 26.7 Å². The van der Waals surface area contributed by atoms with Crippen LogP contribution in [0.15, 0.2) is 42.5 Å². The van der Waals surface area contributed by atoms with Gasteiger partial charge in [0.25, 0.3) is 11.8 Å². The molecule has 3 aromatic rings. The van der Waals surface area contributed by atoms with Crippen molar-refractivity contribution in [1.82, 2.24) is 30.6 Å². The van der Waals surface area contributed by atoms with Gasteiger partial charge in [-0.1, -0.05) is 44.0 Å². The monoisotopic (exact) mass is 748 g/mol. The summed E-state index contributed by atoms with van der Waals surface area (Å²) in [5.41, 5.74) is 4.63. The third-order valence-electron chi connectivity index (χ3n) is 7.28. The van der Waals surface area contributed by atoms with Crippen molar-refractivity contribution in [2.45, 2.75) is 54.1 Å². The topological polar surface area (TPSA) is 134 Å². The van der Waals surface area contributed by atoms with Crippen molar-refractivity contribution < 1.29 is 19.1 Å². The SMILES string of the molecule is CNCCC(CCOc1ccc(CC(NC=O)C(=O)NSC2CC2)cc1)CNC(=O)c1ccc2nc(CBr)c(CBr)nc2c1. The fraction of sp³-hybridized carbons (Fsp3) is 0.452. The normalized spacial score (nSPS) is 14.1. The van der Waals surface area contributed by atoms with Gasteiger partial charge in [-0.15, -0.1) is 0 Å². The number of carbonyl (C=O) groups excluding carboxylic acids is 3. The van der Waals surface area contributed by atoms with Crippen molar-refractivity contribution in [1.29, 1.82) is 0 Å². The predicted molar refractivity (Wildman–Crippen MR) is 181 cm³/mol. The van der Waals surface area contributed by atoms with Crippen molar-refractivity contribution in [3.63, 3.8) is 0 Å². The van der Waals surface area contributed by atoms with Gasteiger partial charge in [0.1, 0.15) is 11.8 Å². The lowest BCUT2D eigenvalue weighted by Gasteiger charge is -2.18. The number of fused-ring (bicyclic) bond motifs is 1. The summed E-state index contributed by atoms with van der Waals surface area (Å²) in [7, 11) is 1.91. The summed E-state index contributed by atoms with van der Waals surface area (Å²) >= 11 is 8.35. The molecule has 44 heavy (non-hydrogen) atoms. The smallest absolute Gasteiger partial charge is 0.252 e. The van der Waals surface area contributed by atoms with Crippen LogP contribution in [0.5, 0.6) is 5.75 Å². The Kier molecular flexibility index (Phi) is 13.7. The van der Waals surface area contributed by atoms with Crippen LogP contribution in [0.4, 0.5) is 0 Å². The van der Waals surface area contributed by atoms with Crippen molar-refractivity contribution in [2.24, 2.45) is 5.92 Å². The molecule has 1 heterocycles. The Balaban J connectivity index is 1.27. The van der Waals surface area contributed by atoms with Crippen molar-refractivity contribution >= 4 is 73.1 Å². The van der Waals surface area contributed by atoms with Gasteiger partial charge in [0.15, 0.2) is 0 Å². The molecule has 236 valence electrons. The molecule has 0 bridgehead atoms. The molecule has 1 aliphatic rings. The average molecular weight is 751 g/mol. The summed E-state index contributed by atoms with van der Waals surface area (Å²) in [5, 5.41) is 10.6. The first-order valence-electron chi connectivity index (χ1n) is 14.6. The lowest BCUT2D eigenvalue weighted by molar-refractivity contribution is -0.123. The van der Waals surface area contributed by atoms with Crippen molar-refractivity contribution in [3.8, 4) is 5.75 Å². The van der Waals surface area contributed by atoms with Crippen molar-refractivity contribution in [3.05, 3.63) is 65.0 Å². The Hall–Kier alpha value is -2.74. The minimum atomic E-state index is -0.630. The van der Waals surface area contributed by atoms with Gasteiger partial charge in [-0.2, -0.15) is 0 Å². The Morgan fingerprint density at radius 2 is 1.77 bits per heavy atom. The van der Waals surface area contributed by atoms with Crippen LogP contribution >= 0.6 is 43.8 Å². The third kappa shape index (κ3) is 10.4. The number of hydrogen-bond donors (Lipinski definition) is 4. The van der Waals surface area contributed by atoms with Crippen LogP contribution in [0.2, 0.25) is 0 Å². The molecule has 4 N–H and O–H groups in total.